The Hall–Kier alpha value is -3.91. The number of benzene rings is 2. The zero-order valence-corrected chi connectivity index (χ0v) is 19.8. The van der Waals surface area contributed by atoms with Crippen LogP contribution in [0, 0.1) is 23.2 Å². The SMILES string of the molecule is C[C@]12O[C@](C)(C[C@@H]1OC(=O)NCc1ccccc1)[C@H]1C(=O)N(c3ccc(C#N)c(C(F)(F)F)c3)C(=O)[C@H]12. The van der Waals surface area contributed by atoms with Crippen molar-refractivity contribution in [2.45, 2.75) is 50.3 Å². The van der Waals surface area contributed by atoms with Gasteiger partial charge in [0.05, 0.1) is 40.3 Å². The molecule has 0 radical (unpaired) electrons. The van der Waals surface area contributed by atoms with Gasteiger partial charge in [0.2, 0.25) is 11.8 Å². The van der Waals surface area contributed by atoms with Gasteiger partial charge in [-0.3, -0.25) is 9.59 Å². The van der Waals surface area contributed by atoms with E-state index < -0.39 is 64.4 Å². The first-order chi connectivity index (χ1) is 17.4. The summed E-state index contributed by atoms with van der Waals surface area (Å²) in [6, 6.07) is 13.4. The minimum Gasteiger partial charge on any atom is -0.443 e. The molecule has 11 heteroatoms. The van der Waals surface area contributed by atoms with Gasteiger partial charge in [0, 0.05) is 13.0 Å². The van der Waals surface area contributed by atoms with E-state index in [1.54, 1.807) is 13.8 Å². The number of nitrogens with zero attached hydrogens (tertiary/aromatic N) is 2. The molecule has 0 spiro atoms. The van der Waals surface area contributed by atoms with E-state index in [1.165, 1.54) is 6.07 Å². The largest absolute Gasteiger partial charge is 0.443 e. The number of hydrogen-bond acceptors (Lipinski definition) is 6. The van der Waals surface area contributed by atoms with Crippen LogP contribution < -0.4 is 10.2 Å². The number of carbonyl (C=O) groups excluding carboxylic acids is 3. The molecule has 8 nitrogen and oxygen atoms in total. The second kappa shape index (κ2) is 8.31. The highest BCUT2D eigenvalue weighted by atomic mass is 19.4. The van der Waals surface area contributed by atoms with Crippen LogP contribution in [-0.2, 0) is 31.8 Å². The van der Waals surface area contributed by atoms with Gasteiger partial charge in [-0.1, -0.05) is 30.3 Å². The Morgan fingerprint density at radius 1 is 1.16 bits per heavy atom. The molecule has 192 valence electrons. The summed E-state index contributed by atoms with van der Waals surface area (Å²) >= 11 is 0. The van der Waals surface area contributed by atoms with Crippen LogP contribution >= 0.6 is 0 Å². The highest BCUT2D eigenvalue weighted by molar-refractivity contribution is 6.23. The topological polar surface area (TPSA) is 109 Å². The first-order valence-electron chi connectivity index (χ1n) is 11.6. The maximum atomic E-state index is 13.5. The fourth-order valence-electron chi connectivity index (χ4n) is 5.85. The molecule has 3 heterocycles. The number of carbonyl (C=O) groups is 3. The maximum absolute atomic E-state index is 13.5. The molecule has 0 aliphatic carbocycles. The van der Waals surface area contributed by atoms with Crippen LogP contribution in [0.2, 0.25) is 0 Å². The van der Waals surface area contributed by atoms with Crippen LogP contribution in [0.5, 0.6) is 0 Å². The number of hydrogen-bond donors (Lipinski definition) is 1. The molecule has 2 bridgehead atoms. The van der Waals surface area contributed by atoms with Crippen molar-refractivity contribution in [3.8, 4) is 6.07 Å². The van der Waals surface area contributed by atoms with Gasteiger partial charge in [0.25, 0.3) is 0 Å². The molecule has 2 aromatic carbocycles. The van der Waals surface area contributed by atoms with E-state index in [2.05, 4.69) is 5.32 Å². The fraction of sp³-hybridized carbons (Fsp3) is 0.385. The number of nitriles is 1. The number of fused-ring (bicyclic) bond motifs is 5. The summed E-state index contributed by atoms with van der Waals surface area (Å²) in [6.45, 7) is 3.43. The van der Waals surface area contributed by atoms with Gasteiger partial charge in [0.15, 0.2) is 0 Å². The van der Waals surface area contributed by atoms with E-state index in [9.17, 15) is 27.6 Å². The number of halogens is 3. The molecule has 2 aromatic rings. The molecule has 0 unspecified atom stereocenters. The summed E-state index contributed by atoms with van der Waals surface area (Å²) in [6.07, 6.45) is -6.30. The van der Waals surface area contributed by atoms with Crippen molar-refractivity contribution in [2.75, 3.05) is 4.90 Å². The minimum absolute atomic E-state index is 0.136. The van der Waals surface area contributed by atoms with Crippen LogP contribution in [0.25, 0.3) is 0 Å². The number of alkyl carbamates (subject to hydrolysis) is 1. The molecular weight excluding hydrogens is 491 g/mol. The number of alkyl halides is 3. The zero-order chi connectivity index (χ0) is 26.8. The van der Waals surface area contributed by atoms with Gasteiger partial charge < -0.3 is 14.8 Å². The third-order valence-corrected chi connectivity index (χ3v) is 7.48. The summed E-state index contributed by atoms with van der Waals surface area (Å²) in [7, 11) is 0. The quantitative estimate of drug-likeness (QED) is 0.621. The van der Waals surface area contributed by atoms with Gasteiger partial charge in [-0.05, 0) is 37.6 Å². The standard InChI is InChI=1S/C26H22F3N3O5/c1-24-11-18(36-23(35)31-13-14-6-4-3-5-7-14)25(2,37-24)20-19(24)21(33)32(22(20)34)16-9-8-15(12-30)17(10-16)26(27,28)29/h3-10,18-20H,11,13H2,1-2H3,(H,31,35)/t18-,19+,20-,24+,25-/m0/s1. The Balaban J connectivity index is 1.39. The zero-order valence-electron chi connectivity index (χ0n) is 19.8. The second-order valence-electron chi connectivity index (χ2n) is 9.84. The Morgan fingerprint density at radius 3 is 2.49 bits per heavy atom. The number of ether oxygens (including phenoxy) is 2. The number of imide groups is 1. The molecule has 1 N–H and O–H groups in total. The molecule has 5 atom stereocenters. The lowest BCUT2D eigenvalue weighted by molar-refractivity contribution is -0.138. The van der Waals surface area contributed by atoms with E-state index in [4.69, 9.17) is 14.7 Å². The molecule has 3 aliphatic rings. The van der Waals surface area contributed by atoms with Crippen molar-refractivity contribution in [1.82, 2.24) is 5.32 Å². The maximum Gasteiger partial charge on any atom is 0.417 e. The average Bonchev–Trinajstić information content (AvgIpc) is 3.37. The van der Waals surface area contributed by atoms with Gasteiger partial charge >= 0.3 is 12.3 Å². The van der Waals surface area contributed by atoms with Gasteiger partial charge in [0.1, 0.15) is 11.7 Å². The van der Waals surface area contributed by atoms with Crippen LogP contribution in [-0.4, -0.2) is 35.2 Å². The number of rotatable bonds is 4. The molecule has 3 aliphatic heterocycles. The predicted octanol–water partition coefficient (Wildman–Crippen LogP) is 3.93. The molecule has 3 saturated heterocycles. The molecule has 5 rings (SSSR count). The van der Waals surface area contributed by atoms with Crippen molar-refractivity contribution in [1.29, 1.82) is 5.26 Å². The van der Waals surface area contributed by atoms with E-state index in [1.807, 2.05) is 30.3 Å². The smallest absolute Gasteiger partial charge is 0.417 e. The van der Waals surface area contributed by atoms with Crippen molar-refractivity contribution < 1.29 is 37.0 Å². The summed E-state index contributed by atoms with van der Waals surface area (Å²) < 4.78 is 52.3. The molecule has 3 amide bonds. The second-order valence-corrected chi connectivity index (χ2v) is 9.84. The van der Waals surface area contributed by atoms with Crippen molar-refractivity contribution in [3.05, 3.63) is 65.2 Å². The molecule has 3 fully saturated rings. The Morgan fingerprint density at radius 2 is 1.84 bits per heavy atom. The molecular formula is C26H22F3N3O5. The summed E-state index contributed by atoms with van der Waals surface area (Å²) in [5, 5.41) is 11.7. The van der Waals surface area contributed by atoms with Crippen molar-refractivity contribution >= 4 is 23.6 Å². The molecule has 0 saturated carbocycles. The third-order valence-electron chi connectivity index (χ3n) is 7.48. The van der Waals surface area contributed by atoms with Crippen LogP contribution in [0.3, 0.4) is 0 Å². The van der Waals surface area contributed by atoms with Crippen molar-refractivity contribution in [3.63, 3.8) is 0 Å². The van der Waals surface area contributed by atoms with Gasteiger partial charge in [-0.2, -0.15) is 18.4 Å². The molecule has 37 heavy (non-hydrogen) atoms. The Bertz CT molecular complexity index is 1340. The summed E-state index contributed by atoms with van der Waals surface area (Å²) in [4.78, 5) is 40.2. The van der Waals surface area contributed by atoms with Crippen LogP contribution in [0.4, 0.5) is 23.7 Å². The monoisotopic (exact) mass is 513 g/mol. The average molecular weight is 513 g/mol. The van der Waals surface area contributed by atoms with Crippen LogP contribution in [0.1, 0.15) is 37.0 Å². The van der Waals surface area contributed by atoms with Crippen molar-refractivity contribution in [2.24, 2.45) is 11.8 Å². The Labute approximate surface area is 209 Å². The molecule has 0 aromatic heterocycles. The van der Waals surface area contributed by atoms with E-state index in [-0.39, 0.29) is 18.7 Å². The Kier molecular flexibility index (Phi) is 5.56. The number of anilines is 1. The number of amides is 3. The van der Waals surface area contributed by atoms with Crippen LogP contribution in [0.15, 0.2) is 48.5 Å². The summed E-state index contributed by atoms with van der Waals surface area (Å²) in [5.41, 5.74) is -3.80. The predicted molar refractivity (Wildman–Crippen MR) is 122 cm³/mol. The van der Waals surface area contributed by atoms with E-state index in [0.29, 0.717) is 6.07 Å². The summed E-state index contributed by atoms with van der Waals surface area (Å²) in [5.74, 6) is -3.44. The lowest BCUT2D eigenvalue weighted by atomic mass is 9.67. The van der Waals surface area contributed by atoms with Gasteiger partial charge in [-0.15, -0.1) is 0 Å². The fourth-order valence-corrected chi connectivity index (χ4v) is 5.85. The van der Waals surface area contributed by atoms with E-state index >= 15 is 0 Å². The highest BCUT2D eigenvalue weighted by Gasteiger charge is 2.77. The first kappa shape index (κ1) is 24.8. The normalized spacial score (nSPS) is 30.3. The lowest BCUT2D eigenvalue weighted by Gasteiger charge is -2.34. The minimum atomic E-state index is -4.85. The van der Waals surface area contributed by atoms with Gasteiger partial charge in [-0.25, -0.2) is 9.69 Å². The van der Waals surface area contributed by atoms with E-state index in [0.717, 1.165) is 22.6 Å². The first-order valence-corrected chi connectivity index (χ1v) is 11.6. The third kappa shape index (κ3) is 3.83. The lowest BCUT2D eigenvalue weighted by Crippen LogP contribution is -2.51. The number of nitrogens with one attached hydrogen (secondary N) is 1. The highest BCUT2D eigenvalue weighted by Crippen LogP contribution is 2.61.